The molecule has 2 nitrogen and oxygen atoms in total. The molecule has 3 heteroatoms. The van der Waals surface area contributed by atoms with Crippen LogP contribution in [0.3, 0.4) is 0 Å². The van der Waals surface area contributed by atoms with Gasteiger partial charge in [-0.15, -0.1) is 0 Å². The van der Waals surface area contributed by atoms with Gasteiger partial charge in [-0.25, -0.2) is 0 Å². The first-order valence-corrected chi connectivity index (χ1v) is 5.14. The lowest BCUT2D eigenvalue weighted by atomic mass is 10.2. The van der Waals surface area contributed by atoms with Crippen LogP contribution in [0, 0.1) is 0 Å². The van der Waals surface area contributed by atoms with Gasteiger partial charge in [-0.2, -0.15) is 0 Å². The molecule has 15 heavy (non-hydrogen) atoms. The summed E-state index contributed by atoms with van der Waals surface area (Å²) in [6.07, 6.45) is 1.77. The molecule has 0 unspecified atom stereocenters. The van der Waals surface area contributed by atoms with Crippen molar-refractivity contribution in [2.45, 2.75) is 6.54 Å². The lowest BCUT2D eigenvalue weighted by Crippen LogP contribution is -2.14. The number of hydrogen-bond donors (Lipinski definition) is 1. The molecule has 0 aliphatic heterocycles. The van der Waals surface area contributed by atoms with Crippen LogP contribution in [-0.4, -0.2) is 6.54 Å². The molecule has 0 atom stereocenters. The summed E-state index contributed by atoms with van der Waals surface area (Å²) in [7, 11) is 0. The zero-order valence-electron chi connectivity index (χ0n) is 8.29. The maximum Gasteiger partial charge on any atom is 0.134 e. The molecule has 0 bridgehead atoms. The van der Waals surface area contributed by atoms with Crippen molar-refractivity contribution >= 4 is 22.6 Å². The summed E-state index contributed by atoms with van der Waals surface area (Å²) in [5.41, 5.74) is 2.06. The Morgan fingerprint density at radius 3 is 3.00 bits per heavy atom. The van der Waals surface area contributed by atoms with Gasteiger partial charge < -0.3 is 9.73 Å². The van der Waals surface area contributed by atoms with Gasteiger partial charge in [-0.3, -0.25) is 0 Å². The van der Waals surface area contributed by atoms with E-state index in [1.807, 2.05) is 24.3 Å². The third-order valence-corrected chi connectivity index (χ3v) is 2.33. The third-order valence-electron chi connectivity index (χ3n) is 2.19. The highest BCUT2D eigenvalue weighted by Crippen LogP contribution is 2.20. The molecule has 1 aromatic carbocycles. The number of rotatable bonds is 4. The highest BCUT2D eigenvalue weighted by molar-refractivity contribution is 6.29. The number of halogens is 1. The third kappa shape index (κ3) is 2.41. The Kier molecular flexibility index (Phi) is 3.09. The summed E-state index contributed by atoms with van der Waals surface area (Å²) in [5, 5.41) is 4.95. The van der Waals surface area contributed by atoms with Crippen LogP contribution in [-0.2, 0) is 6.54 Å². The second-order valence-corrected chi connectivity index (χ2v) is 3.91. The maximum atomic E-state index is 5.66. The number of para-hydroxylation sites is 1. The molecule has 0 amide bonds. The molecule has 1 heterocycles. The van der Waals surface area contributed by atoms with Crippen molar-refractivity contribution in [2.24, 2.45) is 0 Å². The lowest BCUT2D eigenvalue weighted by Gasteiger charge is -2.00. The molecule has 2 rings (SSSR count). The minimum absolute atomic E-state index is 0.612. The summed E-state index contributed by atoms with van der Waals surface area (Å²) in [4.78, 5) is 0. The van der Waals surface area contributed by atoms with Gasteiger partial charge in [-0.05, 0) is 6.07 Å². The fourth-order valence-electron chi connectivity index (χ4n) is 1.50. The molecule has 0 radical (unpaired) electrons. The van der Waals surface area contributed by atoms with Crippen LogP contribution in [0.2, 0.25) is 0 Å². The summed E-state index contributed by atoms with van der Waals surface area (Å²) in [6, 6.07) is 7.97. The van der Waals surface area contributed by atoms with Crippen molar-refractivity contribution in [3.8, 4) is 0 Å². The number of nitrogens with one attached hydrogen (secondary N) is 1. The van der Waals surface area contributed by atoms with Gasteiger partial charge in [0.15, 0.2) is 0 Å². The zero-order chi connectivity index (χ0) is 10.7. The van der Waals surface area contributed by atoms with E-state index in [1.54, 1.807) is 6.26 Å². The second kappa shape index (κ2) is 4.51. The minimum atomic E-state index is 0.612. The van der Waals surface area contributed by atoms with Crippen LogP contribution in [0.15, 0.2) is 46.6 Å². The summed E-state index contributed by atoms with van der Waals surface area (Å²) in [5.74, 6) is 0. The minimum Gasteiger partial charge on any atom is -0.464 e. The van der Waals surface area contributed by atoms with Gasteiger partial charge in [0.05, 0.1) is 6.26 Å². The average Bonchev–Trinajstić information content (AvgIpc) is 2.62. The van der Waals surface area contributed by atoms with E-state index in [0.29, 0.717) is 11.6 Å². The van der Waals surface area contributed by atoms with Crippen LogP contribution in [0.4, 0.5) is 0 Å². The first-order valence-electron chi connectivity index (χ1n) is 4.76. The van der Waals surface area contributed by atoms with Gasteiger partial charge in [0.1, 0.15) is 5.58 Å². The molecule has 78 valence electrons. The van der Waals surface area contributed by atoms with E-state index in [9.17, 15) is 0 Å². The molecule has 2 aromatic rings. The molecule has 0 spiro atoms. The Hall–Kier alpha value is -1.25. The van der Waals surface area contributed by atoms with Crippen LogP contribution < -0.4 is 5.32 Å². The fourth-order valence-corrected chi connectivity index (χ4v) is 1.60. The molecule has 0 aliphatic rings. The van der Waals surface area contributed by atoms with Gasteiger partial charge >= 0.3 is 0 Å². The summed E-state index contributed by atoms with van der Waals surface area (Å²) in [6.45, 7) is 4.97. The number of furan rings is 1. The number of fused-ring (bicyclic) bond motifs is 1. The van der Waals surface area contributed by atoms with Gasteiger partial charge in [0.25, 0.3) is 0 Å². The van der Waals surface area contributed by atoms with E-state index in [2.05, 4.69) is 11.9 Å². The summed E-state index contributed by atoms with van der Waals surface area (Å²) >= 11 is 5.66. The molecule has 0 fully saturated rings. The van der Waals surface area contributed by atoms with E-state index >= 15 is 0 Å². The van der Waals surface area contributed by atoms with Gasteiger partial charge in [-0.1, -0.05) is 36.4 Å². The Morgan fingerprint density at radius 2 is 2.20 bits per heavy atom. The Morgan fingerprint density at radius 1 is 1.40 bits per heavy atom. The predicted molar refractivity (Wildman–Crippen MR) is 62.9 cm³/mol. The quantitative estimate of drug-likeness (QED) is 0.857. The van der Waals surface area contributed by atoms with Crippen molar-refractivity contribution in [2.75, 3.05) is 6.54 Å². The van der Waals surface area contributed by atoms with E-state index in [4.69, 9.17) is 16.0 Å². The van der Waals surface area contributed by atoms with Crippen LogP contribution in [0.5, 0.6) is 0 Å². The van der Waals surface area contributed by atoms with Crippen molar-refractivity contribution in [1.29, 1.82) is 0 Å². The van der Waals surface area contributed by atoms with Crippen molar-refractivity contribution in [3.63, 3.8) is 0 Å². The van der Waals surface area contributed by atoms with Crippen LogP contribution in [0.1, 0.15) is 5.56 Å². The maximum absolute atomic E-state index is 5.66. The first-order chi connectivity index (χ1) is 7.27. The van der Waals surface area contributed by atoms with Crippen molar-refractivity contribution in [1.82, 2.24) is 5.32 Å². The summed E-state index contributed by atoms with van der Waals surface area (Å²) < 4.78 is 5.41. The highest BCUT2D eigenvalue weighted by Gasteiger charge is 2.03. The predicted octanol–water partition coefficient (Wildman–Crippen LogP) is 3.27. The molecule has 1 N–H and O–H groups in total. The average molecular weight is 222 g/mol. The molecule has 1 aromatic heterocycles. The lowest BCUT2D eigenvalue weighted by molar-refractivity contribution is 0.605. The van der Waals surface area contributed by atoms with Crippen LogP contribution >= 0.6 is 11.6 Å². The molecule has 0 saturated heterocycles. The van der Waals surface area contributed by atoms with Crippen molar-refractivity contribution in [3.05, 3.63) is 47.7 Å². The highest BCUT2D eigenvalue weighted by atomic mass is 35.5. The SMILES string of the molecule is C=C(Cl)CNCc1coc2ccccc12. The number of hydrogen-bond acceptors (Lipinski definition) is 2. The first kappa shape index (κ1) is 10.3. The number of benzene rings is 1. The smallest absolute Gasteiger partial charge is 0.134 e. The van der Waals surface area contributed by atoms with E-state index in [1.165, 1.54) is 0 Å². The van der Waals surface area contributed by atoms with E-state index < -0.39 is 0 Å². The second-order valence-electron chi connectivity index (χ2n) is 3.38. The van der Waals surface area contributed by atoms with E-state index in [-0.39, 0.29) is 0 Å². The van der Waals surface area contributed by atoms with Crippen molar-refractivity contribution < 1.29 is 4.42 Å². The Labute approximate surface area is 93.5 Å². The normalized spacial score (nSPS) is 10.7. The zero-order valence-corrected chi connectivity index (χ0v) is 9.05. The largest absolute Gasteiger partial charge is 0.464 e. The Bertz CT molecular complexity index is 475. The standard InChI is InChI=1S/C12H12ClNO/c1-9(13)6-14-7-10-8-15-12-5-3-2-4-11(10)12/h2-5,8,14H,1,6-7H2. The molecular formula is C12H12ClNO. The van der Waals surface area contributed by atoms with Gasteiger partial charge in [0, 0.05) is 29.1 Å². The topological polar surface area (TPSA) is 25.2 Å². The van der Waals surface area contributed by atoms with Gasteiger partial charge in [0.2, 0.25) is 0 Å². The van der Waals surface area contributed by atoms with E-state index in [0.717, 1.165) is 23.1 Å². The monoisotopic (exact) mass is 221 g/mol. The fraction of sp³-hybridized carbons (Fsp3) is 0.167. The molecule has 0 aliphatic carbocycles. The molecular weight excluding hydrogens is 210 g/mol. The molecule has 0 saturated carbocycles. The Balaban J connectivity index is 2.11. The van der Waals surface area contributed by atoms with Crippen LogP contribution in [0.25, 0.3) is 11.0 Å².